The number of hydrogen-bond donors (Lipinski definition) is 0. The second-order valence-corrected chi connectivity index (χ2v) is 3.99. The number of nitrogens with zero attached hydrogens (tertiary/aromatic N) is 4. The van der Waals surface area contributed by atoms with Crippen LogP contribution >= 0.6 is 11.6 Å². The number of hydrogen-bond acceptors (Lipinski definition) is 5. The second-order valence-electron chi connectivity index (χ2n) is 3.63. The standard InChI is InChI=1S/C11H8ClFN4O2/c1-16(8-4-2-3-7(13)5-8)11-9(17(18)19)10(12)14-6-15-11/h2-6H,1H3. The van der Waals surface area contributed by atoms with Crippen LogP contribution in [0.3, 0.4) is 0 Å². The summed E-state index contributed by atoms with van der Waals surface area (Å²) in [6.45, 7) is 0. The smallest absolute Gasteiger partial charge is 0.323 e. The summed E-state index contributed by atoms with van der Waals surface area (Å²) in [6, 6.07) is 5.61. The Labute approximate surface area is 112 Å². The van der Waals surface area contributed by atoms with Gasteiger partial charge in [-0.25, -0.2) is 14.4 Å². The zero-order chi connectivity index (χ0) is 14.0. The minimum absolute atomic E-state index is 0.00407. The van der Waals surface area contributed by atoms with Crippen LogP contribution in [0.1, 0.15) is 0 Å². The van der Waals surface area contributed by atoms with Crippen LogP contribution in [0.15, 0.2) is 30.6 Å². The predicted molar refractivity (Wildman–Crippen MR) is 68.2 cm³/mol. The normalized spacial score (nSPS) is 10.3. The highest BCUT2D eigenvalue weighted by Gasteiger charge is 2.25. The van der Waals surface area contributed by atoms with Crippen molar-refractivity contribution in [3.63, 3.8) is 0 Å². The summed E-state index contributed by atoms with van der Waals surface area (Å²) in [4.78, 5) is 19.1. The summed E-state index contributed by atoms with van der Waals surface area (Å²) < 4.78 is 13.2. The van der Waals surface area contributed by atoms with Gasteiger partial charge < -0.3 is 4.90 Å². The molecule has 8 heteroatoms. The second kappa shape index (κ2) is 5.15. The van der Waals surface area contributed by atoms with E-state index in [0.717, 1.165) is 6.33 Å². The summed E-state index contributed by atoms with van der Waals surface area (Å²) >= 11 is 5.69. The van der Waals surface area contributed by atoms with Gasteiger partial charge in [-0.1, -0.05) is 17.7 Å². The van der Waals surface area contributed by atoms with E-state index in [1.807, 2.05) is 0 Å². The van der Waals surface area contributed by atoms with Gasteiger partial charge in [0, 0.05) is 12.7 Å². The van der Waals surface area contributed by atoms with Crippen molar-refractivity contribution in [3.8, 4) is 0 Å². The zero-order valence-corrected chi connectivity index (χ0v) is 10.5. The molecule has 0 aliphatic heterocycles. The lowest BCUT2D eigenvalue weighted by Gasteiger charge is -2.17. The van der Waals surface area contributed by atoms with Crippen molar-refractivity contribution in [1.82, 2.24) is 9.97 Å². The third-order valence-corrected chi connectivity index (χ3v) is 2.73. The van der Waals surface area contributed by atoms with Gasteiger partial charge in [-0.2, -0.15) is 0 Å². The van der Waals surface area contributed by atoms with E-state index in [1.165, 1.54) is 30.1 Å². The number of nitro groups is 1. The third-order valence-electron chi connectivity index (χ3n) is 2.45. The molecule has 0 spiro atoms. The average Bonchev–Trinajstić information content (AvgIpc) is 2.37. The van der Waals surface area contributed by atoms with E-state index >= 15 is 0 Å². The summed E-state index contributed by atoms with van der Waals surface area (Å²) in [5, 5.41) is 10.7. The molecule has 19 heavy (non-hydrogen) atoms. The first-order chi connectivity index (χ1) is 9.00. The number of benzene rings is 1. The molecule has 0 N–H and O–H groups in total. The van der Waals surface area contributed by atoms with Crippen LogP contribution in [0, 0.1) is 15.9 Å². The quantitative estimate of drug-likeness (QED) is 0.492. The first-order valence-corrected chi connectivity index (χ1v) is 5.52. The molecule has 0 aliphatic carbocycles. The maximum absolute atomic E-state index is 13.2. The predicted octanol–water partition coefficient (Wildman–Crippen LogP) is 2.95. The molecule has 6 nitrogen and oxygen atoms in total. The summed E-state index contributed by atoms with van der Waals surface area (Å²) in [5.41, 5.74) is -0.00575. The zero-order valence-electron chi connectivity index (χ0n) is 9.75. The summed E-state index contributed by atoms with van der Waals surface area (Å²) in [6.07, 6.45) is 1.11. The lowest BCUT2D eigenvalue weighted by Crippen LogP contribution is -2.14. The van der Waals surface area contributed by atoms with E-state index in [-0.39, 0.29) is 11.0 Å². The van der Waals surface area contributed by atoms with Gasteiger partial charge in [0.25, 0.3) is 0 Å². The summed E-state index contributed by atoms with van der Waals surface area (Å²) in [5.74, 6) is -0.456. The van der Waals surface area contributed by atoms with Gasteiger partial charge in [-0.15, -0.1) is 0 Å². The van der Waals surface area contributed by atoms with Gasteiger partial charge in [-0.3, -0.25) is 10.1 Å². The Kier molecular flexibility index (Phi) is 3.57. The van der Waals surface area contributed by atoms with E-state index in [4.69, 9.17) is 11.6 Å². The number of anilines is 2. The molecule has 0 saturated heterocycles. The molecule has 1 heterocycles. The third kappa shape index (κ3) is 2.60. The van der Waals surface area contributed by atoms with E-state index in [1.54, 1.807) is 6.07 Å². The van der Waals surface area contributed by atoms with Gasteiger partial charge in [-0.05, 0) is 18.2 Å². The molecule has 1 aromatic carbocycles. The Balaban J connectivity index is 2.53. The van der Waals surface area contributed by atoms with Gasteiger partial charge >= 0.3 is 5.69 Å². The largest absolute Gasteiger partial charge is 0.348 e. The van der Waals surface area contributed by atoms with E-state index in [0.29, 0.717) is 5.69 Å². The van der Waals surface area contributed by atoms with Gasteiger partial charge in [0.2, 0.25) is 11.0 Å². The lowest BCUT2D eigenvalue weighted by atomic mass is 10.3. The van der Waals surface area contributed by atoms with Crippen molar-refractivity contribution in [2.24, 2.45) is 0 Å². The fourth-order valence-electron chi connectivity index (χ4n) is 1.56. The van der Waals surface area contributed by atoms with Crippen LogP contribution in [0.2, 0.25) is 5.15 Å². The minimum atomic E-state index is -0.673. The van der Waals surface area contributed by atoms with Crippen molar-refractivity contribution in [1.29, 1.82) is 0 Å². The van der Waals surface area contributed by atoms with Crippen molar-refractivity contribution >= 4 is 28.8 Å². The molecular formula is C11H8ClFN4O2. The van der Waals surface area contributed by atoms with Gasteiger partial charge in [0.15, 0.2) is 0 Å². The van der Waals surface area contributed by atoms with Crippen LogP contribution < -0.4 is 4.90 Å². The fraction of sp³-hybridized carbons (Fsp3) is 0.0909. The number of aromatic nitrogens is 2. The highest BCUT2D eigenvalue weighted by atomic mass is 35.5. The minimum Gasteiger partial charge on any atom is -0.323 e. The van der Waals surface area contributed by atoms with Crippen LogP contribution in [-0.4, -0.2) is 21.9 Å². The highest BCUT2D eigenvalue weighted by Crippen LogP contribution is 2.34. The first kappa shape index (κ1) is 13.2. The maximum atomic E-state index is 13.2. The molecule has 0 radical (unpaired) electrons. The van der Waals surface area contributed by atoms with Crippen molar-refractivity contribution in [2.45, 2.75) is 0 Å². The Hall–Kier alpha value is -2.28. The first-order valence-electron chi connectivity index (χ1n) is 5.15. The van der Waals surface area contributed by atoms with Crippen molar-refractivity contribution < 1.29 is 9.31 Å². The Morgan fingerprint density at radius 3 is 2.79 bits per heavy atom. The Bertz CT molecular complexity index is 638. The average molecular weight is 283 g/mol. The molecule has 2 rings (SSSR count). The van der Waals surface area contributed by atoms with Crippen molar-refractivity contribution in [3.05, 3.63) is 51.7 Å². The Morgan fingerprint density at radius 1 is 1.42 bits per heavy atom. The molecule has 0 fully saturated rings. The molecule has 0 saturated carbocycles. The van der Waals surface area contributed by atoms with Crippen LogP contribution in [0.5, 0.6) is 0 Å². The molecule has 98 valence electrons. The highest BCUT2D eigenvalue weighted by molar-refractivity contribution is 6.31. The molecule has 0 atom stereocenters. The number of halogens is 2. The number of rotatable bonds is 3. The summed E-state index contributed by atoms with van der Waals surface area (Å²) in [7, 11) is 1.53. The molecule has 0 unspecified atom stereocenters. The van der Waals surface area contributed by atoms with E-state index in [9.17, 15) is 14.5 Å². The van der Waals surface area contributed by atoms with E-state index in [2.05, 4.69) is 9.97 Å². The van der Waals surface area contributed by atoms with Gasteiger partial charge in [0.1, 0.15) is 12.1 Å². The molecule has 0 aliphatic rings. The van der Waals surface area contributed by atoms with Crippen molar-refractivity contribution in [2.75, 3.05) is 11.9 Å². The topological polar surface area (TPSA) is 72.2 Å². The molecule has 2 aromatic rings. The monoisotopic (exact) mass is 282 g/mol. The van der Waals surface area contributed by atoms with Crippen LogP contribution in [0.25, 0.3) is 0 Å². The molecule has 1 aromatic heterocycles. The Morgan fingerprint density at radius 2 is 2.16 bits per heavy atom. The van der Waals surface area contributed by atoms with E-state index < -0.39 is 16.4 Å². The van der Waals surface area contributed by atoms with Gasteiger partial charge in [0.05, 0.1) is 4.92 Å². The molecule has 0 bridgehead atoms. The SMILES string of the molecule is CN(c1cccc(F)c1)c1ncnc(Cl)c1[N+](=O)[O-]. The molecule has 0 amide bonds. The lowest BCUT2D eigenvalue weighted by molar-refractivity contribution is -0.384. The molecular weight excluding hydrogens is 275 g/mol. The fourth-order valence-corrected chi connectivity index (χ4v) is 1.76. The van der Waals surface area contributed by atoms with Crippen LogP contribution in [0.4, 0.5) is 21.6 Å². The van der Waals surface area contributed by atoms with Crippen LogP contribution in [-0.2, 0) is 0 Å². The maximum Gasteiger partial charge on any atom is 0.348 e.